The summed E-state index contributed by atoms with van der Waals surface area (Å²) in [6.07, 6.45) is -26.0. The van der Waals surface area contributed by atoms with Gasteiger partial charge >= 0.3 is 30.4 Å². The zero-order valence-corrected chi connectivity index (χ0v) is 15.0. The average molecular weight is 531 g/mol. The Morgan fingerprint density at radius 2 is 1.23 bits per heavy atom. The molecule has 0 atom stereocenters. The van der Waals surface area contributed by atoms with E-state index < -0.39 is 75.2 Å². The number of aliphatic hydroxyl groups is 1. The van der Waals surface area contributed by atoms with E-state index in [0.717, 1.165) is 0 Å². The average Bonchev–Trinajstić information content (AvgIpc) is 2.49. The van der Waals surface area contributed by atoms with Gasteiger partial charge in [0, 0.05) is 16.1 Å². The van der Waals surface area contributed by atoms with Crippen LogP contribution in [-0.2, 0) is 17.1 Å². The molecule has 0 fully saturated rings. The Bertz CT molecular complexity index is 845. The summed E-state index contributed by atoms with van der Waals surface area (Å²) < 4.78 is 164. The van der Waals surface area contributed by atoms with E-state index in [9.17, 15) is 67.0 Å². The van der Waals surface area contributed by atoms with Crippen LogP contribution >= 0.6 is 15.9 Å². The highest BCUT2D eigenvalue weighted by molar-refractivity contribution is 9.10. The Balaban J connectivity index is 3.76. The predicted octanol–water partition coefficient (Wildman–Crippen LogP) is 6.79. The van der Waals surface area contributed by atoms with Crippen molar-refractivity contribution in [3.8, 4) is 0 Å². The number of carbonyl (C=O) groups is 1. The summed E-state index contributed by atoms with van der Waals surface area (Å²) in [4.78, 5) is 11.3. The fourth-order valence-electron chi connectivity index (χ4n) is 1.92. The molecule has 0 bridgehead atoms. The summed E-state index contributed by atoms with van der Waals surface area (Å²) in [7, 11) is 0. The first kappa shape index (κ1) is 26.0. The van der Waals surface area contributed by atoms with Gasteiger partial charge in [-0.3, -0.25) is 4.79 Å². The monoisotopic (exact) mass is 530 g/mol. The number of hydrogen-bond acceptors (Lipinski definition) is 2. The van der Waals surface area contributed by atoms with Crippen LogP contribution in [0.25, 0.3) is 5.76 Å². The highest BCUT2D eigenvalue weighted by atomic mass is 79.9. The molecule has 1 rings (SSSR count). The van der Waals surface area contributed by atoms with Crippen LogP contribution in [0.2, 0.25) is 0 Å². The second-order valence-electron chi connectivity index (χ2n) is 5.43. The lowest BCUT2D eigenvalue weighted by Gasteiger charge is -2.27. The largest absolute Gasteiger partial charge is 0.507 e. The second-order valence-corrected chi connectivity index (χ2v) is 6.22. The van der Waals surface area contributed by atoms with Crippen molar-refractivity contribution in [1.29, 1.82) is 0 Å². The molecular formula is C14H4BrF13O2. The summed E-state index contributed by atoms with van der Waals surface area (Å²) in [6.45, 7) is 0. The van der Waals surface area contributed by atoms with E-state index >= 15 is 0 Å². The molecule has 0 aromatic heterocycles. The van der Waals surface area contributed by atoms with Crippen LogP contribution in [0, 0.1) is 0 Å². The first-order chi connectivity index (χ1) is 13.0. The van der Waals surface area contributed by atoms with E-state index in [1.165, 1.54) is 0 Å². The van der Waals surface area contributed by atoms with Gasteiger partial charge in [-0.2, -0.15) is 52.7 Å². The van der Waals surface area contributed by atoms with Gasteiger partial charge in [0.15, 0.2) is 0 Å². The quantitative estimate of drug-likeness (QED) is 0.265. The van der Waals surface area contributed by atoms with Crippen LogP contribution in [0.3, 0.4) is 0 Å². The molecule has 1 aromatic carbocycles. The maximum absolute atomic E-state index is 13.6. The third kappa shape index (κ3) is 4.83. The Morgan fingerprint density at radius 3 is 1.57 bits per heavy atom. The second kappa shape index (κ2) is 7.60. The van der Waals surface area contributed by atoms with E-state index in [1.54, 1.807) is 0 Å². The van der Waals surface area contributed by atoms with Crippen molar-refractivity contribution in [2.75, 3.05) is 0 Å². The van der Waals surface area contributed by atoms with Gasteiger partial charge in [0.2, 0.25) is 5.78 Å². The molecular weight excluding hydrogens is 527 g/mol. The van der Waals surface area contributed by atoms with Crippen LogP contribution in [0.4, 0.5) is 57.1 Å². The molecule has 0 unspecified atom stereocenters. The van der Waals surface area contributed by atoms with E-state index in [2.05, 4.69) is 15.9 Å². The standard InChI is InChI=1S/C14H4BrF13O2/c15-9-5(1-4(11(17,18)19)2-6(9)12(20,21)22)7(29)3-8(30)10(16,13(23,24)25)14(26,27)28/h1-3,29H/b7-3-. The molecule has 170 valence electrons. The lowest BCUT2D eigenvalue weighted by atomic mass is 9.96. The van der Waals surface area contributed by atoms with Gasteiger partial charge in [-0.15, -0.1) is 0 Å². The van der Waals surface area contributed by atoms with Gasteiger partial charge in [0.05, 0.1) is 11.1 Å². The number of halogens is 14. The van der Waals surface area contributed by atoms with Gasteiger partial charge < -0.3 is 5.11 Å². The zero-order valence-electron chi connectivity index (χ0n) is 13.4. The van der Waals surface area contributed by atoms with Gasteiger partial charge in [-0.05, 0) is 28.1 Å². The number of aliphatic hydroxyl groups excluding tert-OH is 1. The first-order valence-corrected chi connectivity index (χ1v) is 7.60. The molecule has 1 aromatic rings. The normalized spacial score (nSPS) is 14.8. The summed E-state index contributed by atoms with van der Waals surface area (Å²) in [5.74, 6) is -5.75. The molecule has 0 spiro atoms. The van der Waals surface area contributed by atoms with E-state index in [0.29, 0.717) is 0 Å². The lowest BCUT2D eigenvalue weighted by Crippen LogP contribution is -2.58. The molecule has 0 saturated carbocycles. The molecule has 0 aliphatic rings. The summed E-state index contributed by atoms with van der Waals surface area (Å²) >= 11 is 2.10. The Labute approximate surface area is 165 Å². The first-order valence-electron chi connectivity index (χ1n) is 6.81. The molecule has 30 heavy (non-hydrogen) atoms. The third-order valence-electron chi connectivity index (χ3n) is 3.37. The van der Waals surface area contributed by atoms with Gasteiger partial charge in [0.25, 0.3) is 0 Å². The zero-order chi connectivity index (χ0) is 24.1. The minimum absolute atomic E-state index is 0.306. The number of benzene rings is 1. The topological polar surface area (TPSA) is 37.3 Å². The number of carbonyl (C=O) groups excluding carboxylic acids is 1. The molecule has 2 nitrogen and oxygen atoms in total. The van der Waals surface area contributed by atoms with Gasteiger partial charge in [-0.1, -0.05) is 0 Å². The van der Waals surface area contributed by atoms with Crippen LogP contribution < -0.4 is 0 Å². The van der Waals surface area contributed by atoms with Gasteiger partial charge in [-0.25, -0.2) is 4.39 Å². The Morgan fingerprint density at radius 1 is 0.800 bits per heavy atom. The fourth-order valence-corrected chi connectivity index (χ4v) is 2.58. The molecule has 0 radical (unpaired) electrons. The van der Waals surface area contributed by atoms with Crippen LogP contribution in [0.5, 0.6) is 0 Å². The van der Waals surface area contributed by atoms with Crippen molar-refractivity contribution in [3.05, 3.63) is 39.4 Å². The minimum Gasteiger partial charge on any atom is -0.507 e. The molecule has 0 aliphatic heterocycles. The molecule has 0 aliphatic carbocycles. The molecule has 0 heterocycles. The lowest BCUT2D eigenvalue weighted by molar-refractivity contribution is -0.323. The van der Waals surface area contributed by atoms with Crippen molar-refractivity contribution in [3.63, 3.8) is 0 Å². The molecule has 0 saturated heterocycles. The highest BCUT2D eigenvalue weighted by Gasteiger charge is 2.76. The fraction of sp³-hybridized carbons (Fsp3) is 0.357. The summed E-state index contributed by atoms with van der Waals surface area (Å²) in [6, 6.07) is -0.785. The highest BCUT2D eigenvalue weighted by Crippen LogP contribution is 2.48. The van der Waals surface area contributed by atoms with Crippen molar-refractivity contribution in [1.82, 2.24) is 0 Å². The molecule has 0 amide bonds. The van der Waals surface area contributed by atoms with Crippen LogP contribution in [0.1, 0.15) is 16.7 Å². The van der Waals surface area contributed by atoms with Crippen molar-refractivity contribution in [2.45, 2.75) is 30.4 Å². The Hall–Kier alpha value is -2.00. The predicted molar refractivity (Wildman–Crippen MR) is 75.7 cm³/mol. The van der Waals surface area contributed by atoms with Crippen molar-refractivity contribution >= 4 is 27.5 Å². The number of allylic oxidation sites excluding steroid dienone is 1. The molecule has 1 N–H and O–H groups in total. The number of rotatable bonds is 3. The van der Waals surface area contributed by atoms with Crippen LogP contribution in [-0.4, -0.2) is 28.9 Å². The maximum atomic E-state index is 13.6. The number of alkyl halides is 13. The number of hydrogen-bond donors (Lipinski definition) is 1. The van der Waals surface area contributed by atoms with Crippen molar-refractivity contribution < 1.29 is 67.0 Å². The SMILES string of the molecule is O=C(/C=C(\O)c1cc(C(F)(F)F)cc(C(F)(F)F)c1Br)C(F)(C(F)(F)F)C(F)(F)F. The van der Waals surface area contributed by atoms with E-state index in [4.69, 9.17) is 0 Å². The van der Waals surface area contributed by atoms with Crippen LogP contribution in [0.15, 0.2) is 22.7 Å². The maximum Gasteiger partial charge on any atom is 0.439 e. The molecule has 16 heteroatoms. The Kier molecular flexibility index (Phi) is 6.60. The smallest absolute Gasteiger partial charge is 0.439 e. The minimum atomic E-state index is -6.92. The number of ketones is 1. The summed E-state index contributed by atoms with van der Waals surface area (Å²) in [5.41, 5.74) is -12.5. The van der Waals surface area contributed by atoms with Crippen molar-refractivity contribution in [2.24, 2.45) is 0 Å². The third-order valence-corrected chi connectivity index (χ3v) is 4.22. The van der Waals surface area contributed by atoms with E-state index in [1.807, 2.05) is 0 Å². The van der Waals surface area contributed by atoms with E-state index in [-0.39, 0.29) is 6.07 Å². The van der Waals surface area contributed by atoms with Gasteiger partial charge in [0.1, 0.15) is 5.76 Å². The summed E-state index contributed by atoms with van der Waals surface area (Å²) in [5, 5.41) is 9.52.